The van der Waals surface area contributed by atoms with E-state index in [1.54, 1.807) is 0 Å². The molecule has 0 radical (unpaired) electrons. The van der Waals surface area contributed by atoms with Gasteiger partial charge in [-0.2, -0.15) is 13.1 Å². The van der Waals surface area contributed by atoms with Crippen molar-refractivity contribution in [1.29, 1.82) is 0 Å². The molecular formula is C3H9N5O4Pt-4. The molecule has 84 valence electrons. The summed E-state index contributed by atoms with van der Waals surface area (Å²) in [6, 6.07) is -1.19. The Bertz CT molecular complexity index is 102. The Hall–Kier alpha value is -0.762. The van der Waals surface area contributed by atoms with Gasteiger partial charge in [0.25, 0.3) is 0 Å². The van der Waals surface area contributed by atoms with Crippen molar-refractivity contribution >= 4 is 6.03 Å². The zero-order valence-corrected chi connectivity index (χ0v) is 8.62. The van der Waals surface area contributed by atoms with Crippen LogP contribution in [0, 0.1) is 10.1 Å². The van der Waals surface area contributed by atoms with E-state index in [1.165, 1.54) is 0 Å². The largest absolute Gasteiger partial charge is 0.679 e. The van der Waals surface area contributed by atoms with Gasteiger partial charge in [0.15, 0.2) is 6.03 Å². The van der Waals surface area contributed by atoms with E-state index in [-0.39, 0.29) is 34.2 Å². The Kier molecular flexibility index (Phi) is 53.0. The SMILES string of the molecule is O=N[O-].[NH-]C(=O)NO.[NH-]CC[NH-].[Pt]. The van der Waals surface area contributed by atoms with Crippen LogP contribution in [0.25, 0.3) is 17.2 Å². The van der Waals surface area contributed by atoms with Gasteiger partial charge in [-0.3, -0.25) is 4.79 Å². The number of carbonyl (C=O) groups excluding carboxylic acids is 1. The Morgan fingerprint density at radius 2 is 1.62 bits per heavy atom. The molecule has 13 heavy (non-hydrogen) atoms. The molecule has 0 aliphatic heterocycles. The molecule has 0 atom stereocenters. The quantitative estimate of drug-likeness (QED) is 0.402. The van der Waals surface area contributed by atoms with Crippen LogP contribution >= 0.6 is 0 Å². The number of nitrogens with zero attached hydrogens (tertiary/aromatic N) is 1. The van der Waals surface area contributed by atoms with Crippen molar-refractivity contribution in [1.82, 2.24) is 5.48 Å². The second-order valence-electron chi connectivity index (χ2n) is 1.02. The molecule has 0 saturated heterocycles. The molecule has 0 aliphatic carbocycles. The summed E-state index contributed by atoms with van der Waals surface area (Å²) in [6.07, 6.45) is 0. The van der Waals surface area contributed by atoms with E-state index in [0.717, 1.165) is 10.8 Å². The van der Waals surface area contributed by atoms with Gasteiger partial charge in [0.2, 0.25) is 0 Å². The maximum Gasteiger partial charge on any atom is 0.169 e. The third-order valence-electron chi connectivity index (χ3n) is 0.227. The standard InChI is InChI=1S/C2H6N2.CH4N2O2.HNO2.Pt/c3-1-2-4;2-1(4)3-5;2-1-3;/h3-4H,1-2H2;(H4,2,3,4,5);(H,2,3);/q-2;;;/p-2. The monoisotopic (exact) mass is 374 g/mol. The molecule has 0 aliphatic rings. The summed E-state index contributed by atoms with van der Waals surface area (Å²) in [6.45, 7) is 0.472. The van der Waals surface area contributed by atoms with E-state index >= 15 is 0 Å². The van der Waals surface area contributed by atoms with E-state index < -0.39 is 6.03 Å². The van der Waals surface area contributed by atoms with Gasteiger partial charge in [0, 0.05) is 21.1 Å². The molecule has 0 spiro atoms. The van der Waals surface area contributed by atoms with Crippen molar-refractivity contribution in [2.75, 3.05) is 13.1 Å². The molecule has 0 fully saturated rings. The van der Waals surface area contributed by atoms with Crippen molar-refractivity contribution < 1.29 is 31.1 Å². The van der Waals surface area contributed by atoms with Gasteiger partial charge in [-0.1, -0.05) is 0 Å². The minimum Gasteiger partial charge on any atom is -0.679 e. The van der Waals surface area contributed by atoms with Crippen molar-refractivity contribution in [3.63, 3.8) is 0 Å². The van der Waals surface area contributed by atoms with Crippen LogP contribution in [0.4, 0.5) is 4.79 Å². The predicted octanol–water partition coefficient (Wildman–Crippen LogP) is 1.48. The molecule has 0 heterocycles. The smallest absolute Gasteiger partial charge is 0.169 e. The molecule has 0 aromatic heterocycles. The predicted molar refractivity (Wildman–Crippen MR) is 42.2 cm³/mol. The summed E-state index contributed by atoms with van der Waals surface area (Å²) < 4.78 is 0. The van der Waals surface area contributed by atoms with Crippen LogP contribution in [0.1, 0.15) is 0 Å². The maximum absolute atomic E-state index is 9.12. The fraction of sp³-hybridized carbons (Fsp3) is 0.667. The van der Waals surface area contributed by atoms with E-state index in [2.05, 4.69) is 0 Å². The number of rotatable bonds is 1. The molecule has 0 saturated carbocycles. The Balaban J connectivity index is -0.0000000465. The normalized spacial score (nSPS) is 5.77. The van der Waals surface area contributed by atoms with Gasteiger partial charge in [0.05, 0.1) is 0 Å². The average molecular weight is 374 g/mol. The molecular weight excluding hydrogens is 365 g/mol. The molecule has 5 N–H and O–H groups in total. The van der Waals surface area contributed by atoms with Crippen LogP contribution in [-0.4, -0.2) is 24.3 Å². The number of hydrogen-bond acceptors (Lipinski definition) is 5. The molecule has 0 unspecified atom stereocenters. The maximum atomic E-state index is 9.12. The van der Waals surface area contributed by atoms with Crippen molar-refractivity contribution in [2.24, 2.45) is 5.34 Å². The zero-order chi connectivity index (χ0) is 10.4. The van der Waals surface area contributed by atoms with Crippen LogP contribution in [0.15, 0.2) is 5.34 Å². The third-order valence-corrected chi connectivity index (χ3v) is 0.227. The molecule has 0 aromatic rings. The minimum absolute atomic E-state index is 0. The van der Waals surface area contributed by atoms with Crippen LogP contribution in [0.5, 0.6) is 0 Å². The number of hydroxylamine groups is 1. The first-order valence-electron chi connectivity index (χ1n) is 2.50. The number of carbonyl (C=O) groups is 1. The average Bonchev–Trinajstić information content (AvgIpc) is 2.06. The molecule has 0 bridgehead atoms. The van der Waals surface area contributed by atoms with E-state index in [1.807, 2.05) is 0 Å². The Morgan fingerprint density at radius 3 is 1.62 bits per heavy atom. The summed E-state index contributed by atoms with van der Waals surface area (Å²) >= 11 is 0. The summed E-state index contributed by atoms with van der Waals surface area (Å²) in [5, 5.41) is 16.4. The summed E-state index contributed by atoms with van der Waals surface area (Å²) in [7, 11) is 0. The van der Waals surface area contributed by atoms with Crippen LogP contribution in [0.2, 0.25) is 0 Å². The molecule has 9 nitrogen and oxygen atoms in total. The van der Waals surface area contributed by atoms with Crippen LogP contribution in [0.3, 0.4) is 0 Å². The second kappa shape index (κ2) is 30.3. The van der Waals surface area contributed by atoms with E-state index in [9.17, 15) is 0 Å². The summed E-state index contributed by atoms with van der Waals surface area (Å²) in [5.41, 5.74) is 19.4. The number of hydrogen-bond donors (Lipinski definition) is 2. The van der Waals surface area contributed by atoms with Crippen molar-refractivity contribution in [3.05, 3.63) is 27.3 Å². The van der Waals surface area contributed by atoms with Gasteiger partial charge in [-0.25, -0.2) is 0 Å². The van der Waals surface area contributed by atoms with Gasteiger partial charge in [-0.05, 0) is 0 Å². The van der Waals surface area contributed by atoms with Crippen LogP contribution < -0.4 is 5.48 Å². The molecule has 10 heteroatoms. The number of urea groups is 1. The van der Waals surface area contributed by atoms with E-state index in [0.29, 0.717) is 0 Å². The molecule has 0 aromatic carbocycles. The first kappa shape index (κ1) is 22.8. The first-order valence-corrected chi connectivity index (χ1v) is 2.50. The van der Waals surface area contributed by atoms with E-state index in [4.69, 9.17) is 37.3 Å². The van der Waals surface area contributed by atoms with Gasteiger partial charge >= 0.3 is 0 Å². The van der Waals surface area contributed by atoms with Gasteiger partial charge in [-0.15, -0.1) is 5.34 Å². The van der Waals surface area contributed by atoms with Gasteiger partial charge < -0.3 is 38.0 Å². The fourth-order valence-electron chi connectivity index (χ4n) is 0. The minimum atomic E-state index is -1.19. The topological polar surface area (TPSA) is 173 Å². The Morgan fingerprint density at radius 1 is 1.46 bits per heavy atom. The van der Waals surface area contributed by atoms with Gasteiger partial charge in [0.1, 0.15) is 0 Å². The number of amides is 2. The summed E-state index contributed by atoms with van der Waals surface area (Å²) in [5.74, 6) is 0. The third kappa shape index (κ3) is 191. The fourth-order valence-corrected chi connectivity index (χ4v) is 0. The molecule has 0 rings (SSSR count). The van der Waals surface area contributed by atoms with Crippen LogP contribution in [-0.2, 0) is 21.1 Å². The molecule has 2 amide bonds. The van der Waals surface area contributed by atoms with Crippen molar-refractivity contribution in [3.8, 4) is 0 Å². The number of nitrogens with one attached hydrogen (secondary N) is 4. The van der Waals surface area contributed by atoms with Crippen molar-refractivity contribution in [2.45, 2.75) is 0 Å². The second-order valence-corrected chi connectivity index (χ2v) is 1.02. The zero-order valence-electron chi connectivity index (χ0n) is 6.35. The Labute approximate surface area is 88.8 Å². The first-order chi connectivity index (χ1) is 5.60. The summed E-state index contributed by atoms with van der Waals surface area (Å²) in [4.78, 5) is 17.1.